The molecule has 1 fully saturated rings. The first kappa shape index (κ1) is 7.61. The summed E-state index contributed by atoms with van der Waals surface area (Å²) in [6.45, 7) is 0. The van der Waals surface area contributed by atoms with Crippen LogP contribution < -0.4 is 0 Å². The van der Waals surface area contributed by atoms with Crippen molar-refractivity contribution in [3.63, 3.8) is 0 Å². The summed E-state index contributed by atoms with van der Waals surface area (Å²) in [5, 5.41) is 0. The van der Waals surface area contributed by atoms with Gasteiger partial charge in [0.05, 0.1) is 0 Å². The lowest BCUT2D eigenvalue weighted by Gasteiger charge is -2.18. The molecular weight excluding hydrogens is 156 g/mol. The lowest BCUT2D eigenvalue weighted by molar-refractivity contribution is 0.674. The number of hydrogen-bond acceptors (Lipinski definition) is 0. The van der Waals surface area contributed by atoms with Gasteiger partial charge in [-0.25, -0.2) is 0 Å². The molecule has 13 heavy (non-hydrogen) atoms. The van der Waals surface area contributed by atoms with Crippen molar-refractivity contribution in [3.8, 4) is 0 Å². The van der Waals surface area contributed by atoms with E-state index in [2.05, 4.69) is 12.2 Å². The molecule has 0 aromatic heterocycles. The van der Waals surface area contributed by atoms with E-state index in [1.165, 1.54) is 44.9 Å². The maximum Gasteiger partial charge on any atom is -0.0259 e. The monoisotopic (exact) mass is 172 g/mol. The van der Waals surface area contributed by atoms with Crippen molar-refractivity contribution in [3.05, 3.63) is 34.4 Å². The van der Waals surface area contributed by atoms with Crippen LogP contribution in [0.25, 0.3) is 0 Å². The molecule has 0 aliphatic heterocycles. The summed E-state index contributed by atoms with van der Waals surface area (Å²) in [6, 6.07) is 0. The molecule has 3 rings (SSSR count). The highest BCUT2D eigenvalue weighted by Gasteiger charge is 2.24. The van der Waals surface area contributed by atoms with Crippen LogP contribution in [-0.2, 0) is 0 Å². The van der Waals surface area contributed by atoms with Gasteiger partial charge in [-0.2, -0.15) is 0 Å². The molecule has 0 unspecified atom stereocenters. The first-order chi connectivity index (χ1) is 6.45. The van der Waals surface area contributed by atoms with E-state index in [0.29, 0.717) is 0 Å². The van der Waals surface area contributed by atoms with Crippen LogP contribution in [0, 0.1) is 0 Å². The third-order valence-electron chi connectivity index (χ3n) is 3.55. The number of rotatable bonds is 0. The van der Waals surface area contributed by atoms with Crippen molar-refractivity contribution in [1.29, 1.82) is 0 Å². The molecule has 68 valence electrons. The highest BCUT2D eigenvalue weighted by atomic mass is 14.3. The minimum absolute atomic E-state index is 1.30. The minimum atomic E-state index is 1.30. The summed E-state index contributed by atoms with van der Waals surface area (Å²) in [5.74, 6) is 0. The Hall–Kier alpha value is -0.780. The summed E-state index contributed by atoms with van der Waals surface area (Å²) in [6.07, 6.45) is 14.5. The van der Waals surface area contributed by atoms with E-state index in [1.807, 2.05) is 0 Å². The topological polar surface area (TPSA) is 0 Å². The van der Waals surface area contributed by atoms with Crippen LogP contribution in [0.15, 0.2) is 34.4 Å². The smallest absolute Gasteiger partial charge is 0.0259 e. The first-order valence-corrected chi connectivity index (χ1v) is 5.58. The van der Waals surface area contributed by atoms with E-state index < -0.39 is 0 Å². The Morgan fingerprint density at radius 1 is 0.846 bits per heavy atom. The zero-order valence-corrected chi connectivity index (χ0v) is 8.10. The van der Waals surface area contributed by atoms with Gasteiger partial charge in [0.15, 0.2) is 0 Å². The van der Waals surface area contributed by atoms with E-state index in [-0.39, 0.29) is 0 Å². The Labute approximate surface area is 80.0 Å². The predicted molar refractivity (Wildman–Crippen MR) is 55.5 cm³/mol. The van der Waals surface area contributed by atoms with E-state index in [1.54, 1.807) is 22.3 Å². The van der Waals surface area contributed by atoms with Crippen LogP contribution in [0.3, 0.4) is 0 Å². The molecule has 0 amide bonds. The van der Waals surface area contributed by atoms with E-state index >= 15 is 0 Å². The molecule has 1 saturated carbocycles. The summed E-state index contributed by atoms with van der Waals surface area (Å²) < 4.78 is 0. The van der Waals surface area contributed by atoms with E-state index in [4.69, 9.17) is 0 Å². The largest absolute Gasteiger partial charge is 0.0770 e. The molecule has 0 N–H and O–H groups in total. The highest BCUT2D eigenvalue weighted by molar-refractivity contribution is 5.59. The van der Waals surface area contributed by atoms with Gasteiger partial charge in [-0.1, -0.05) is 12.2 Å². The van der Waals surface area contributed by atoms with E-state index in [9.17, 15) is 0 Å². The average Bonchev–Trinajstić information content (AvgIpc) is 2.56. The highest BCUT2D eigenvalue weighted by Crippen LogP contribution is 2.43. The molecule has 0 heterocycles. The first-order valence-electron chi connectivity index (χ1n) is 5.58. The lowest BCUT2D eigenvalue weighted by atomic mass is 9.87. The van der Waals surface area contributed by atoms with Crippen LogP contribution in [-0.4, -0.2) is 0 Å². The van der Waals surface area contributed by atoms with Crippen molar-refractivity contribution in [2.75, 3.05) is 0 Å². The summed E-state index contributed by atoms with van der Waals surface area (Å²) >= 11 is 0. The van der Waals surface area contributed by atoms with Crippen molar-refractivity contribution in [2.24, 2.45) is 0 Å². The molecule has 3 aliphatic rings. The van der Waals surface area contributed by atoms with Crippen molar-refractivity contribution >= 4 is 0 Å². The second-order valence-electron chi connectivity index (χ2n) is 4.39. The fourth-order valence-corrected chi connectivity index (χ4v) is 2.90. The van der Waals surface area contributed by atoms with Gasteiger partial charge in [-0.05, 0) is 67.2 Å². The second kappa shape index (κ2) is 2.87. The number of allylic oxidation sites excluding steroid dienone is 6. The average molecular weight is 172 g/mol. The standard InChI is InChI=1S/C13H16/c1-3-7-12-10(5-1)9-11-6-2-4-8-13(11)12/h5,9H,1-4,6-8H2. The Balaban J connectivity index is 2.07. The van der Waals surface area contributed by atoms with Crippen LogP contribution >= 0.6 is 0 Å². The van der Waals surface area contributed by atoms with Crippen LogP contribution in [0.1, 0.15) is 44.9 Å². The second-order valence-corrected chi connectivity index (χ2v) is 4.39. The zero-order valence-electron chi connectivity index (χ0n) is 8.10. The van der Waals surface area contributed by atoms with Crippen LogP contribution in [0.2, 0.25) is 0 Å². The molecule has 0 saturated heterocycles. The van der Waals surface area contributed by atoms with Gasteiger partial charge < -0.3 is 0 Å². The Morgan fingerprint density at radius 2 is 1.69 bits per heavy atom. The third-order valence-corrected chi connectivity index (χ3v) is 3.55. The quantitative estimate of drug-likeness (QED) is 0.519. The molecule has 0 bridgehead atoms. The van der Waals surface area contributed by atoms with Gasteiger partial charge in [-0.15, -0.1) is 0 Å². The van der Waals surface area contributed by atoms with Crippen LogP contribution in [0.5, 0.6) is 0 Å². The SMILES string of the molecule is C1=C2C=C3CCCCC3=C2CCC1. The summed E-state index contributed by atoms with van der Waals surface area (Å²) in [7, 11) is 0. The lowest BCUT2D eigenvalue weighted by Crippen LogP contribution is -1.99. The fraction of sp³-hybridized carbons (Fsp3) is 0.538. The van der Waals surface area contributed by atoms with Gasteiger partial charge in [0, 0.05) is 0 Å². The predicted octanol–water partition coefficient (Wildman–Crippen LogP) is 3.91. The third kappa shape index (κ3) is 1.12. The normalized spacial score (nSPS) is 26.5. The van der Waals surface area contributed by atoms with Crippen molar-refractivity contribution in [2.45, 2.75) is 44.9 Å². The Bertz CT molecular complexity index is 326. The zero-order chi connectivity index (χ0) is 8.67. The maximum atomic E-state index is 2.46. The molecule has 0 heteroatoms. The van der Waals surface area contributed by atoms with E-state index in [0.717, 1.165) is 0 Å². The summed E-state index contributed by atoms with van der Waals surface area (Å²) in [4.78, 5) is 0. The molecule has 0 nitrogen and oxygen atoms in total. The van der Waals surface area contributed by atoms with Gasteiger partial charge in [0.25, 0.3) is 0 Å². The maximum absolute atomic E-state index is 2.46. The van der Waals surface area contributed by atoms with Crippen molar-refractivity contribution in [1.82, 2.24) is 0 Å². The summed E-state index contributed by atoms with van der Waals surface area (Å²) in [5.41, 5.74) is 6.70. The molecule has 0 spiro atoms. The minimum Gasteiger partial charge on any atom is -0.0770 e. The Morgan fingerprint density at radius 3 is 2.69 bits per heavy atom. The molecule has 0 radical (unpaired) electrons. The molecular formula is C13H16. The Kier molecular flexibility index (Phi) is 1.68. The van der Waals surface area contributed by atoms with Gasteiger partial charge in [-0.3, -0.25) is 0 Å². The fourth-order valence-electron chi connectivity index (χ4n) is 2.90. The van der Waals surface area contributed by atoms with Gasteiger partial charge in [0.1, 0.15) is 0 Å². The number of fused-ring (bicyclic) bond motifs is 2. The molecule has 3 aliphatic carbocycles. The number of hydrogen-bond donors (Lipinski definition) is 0. The molecule has 0 aromatic rings. The van der Waals surface area contributed by atoms with Gasteiger partial charge >= 0.3 is 0 Å². The molecule has 0 aromatic carbocycles. The van der Waals surface area contributed by atoms with Gasteiger partial charge in [0.2, 0.25) is 0 Å². The van der Waals surface area contributed by atoms with Crippen LogP contribution in [0.4, 0.5) is 0 Å². The van der Waals surface area contributed by atoms with Crippen molar-refractivity contribution < 1.29 is 0 Å². The molecule has 0 atom stereocenters.